The summed E-state index contributed by atoms with van der Waals surface area (Å²) in [5, 5.41) is 0. The third-order valence-electron chi connectivity index (χ3n) is 1.13. The SMILES string of the molecule is C=CCOc1nc(OC)nc(=O)[nH]1. The molecule has 0 amide bonds. The largest absolute Gasteiger partial charge is 0.467 e. The molecule has 1 N–H and O–H groups in total. The van der Waals surface area contributed by atoms with Crippen molar-refractivity contribution < 1.29 is 9.47 Å². The lowest BCUT2D eigenvalue weighted by Crippen LogP contribution is -2.15. The van der Waals surface area contributed by atoms with Crippen molar-refractivity contribution in [2.75, 3.05) is 13.7 Å². The minimum atomic E-state index is -0.564. The Morgan fingerprint density at radius 3 is 3.00 bits per heavy atom. The van der Waals surface area contributed by atoms with Crippen molar-refractivity contribution in [3.05, 3.63) is 23.1 Å². The summed E-state index contributed by atoms with van der Waals surface area (Å²) in [7, 11) is 1.37. The lowest BCUT2D eigenvalue weighted by Gasteiger charge is -2.01. The van der Waals surface area contributed by atoms with E-state index < -0.39 is 5.69 Å². The van der Waals surface area contributed by atoms with Crippen LogP contribution in [-0.4, -0.2) is 28.7 Å². The molecule has 1 heterocycles. The predicted molar refractivity (Wildman–Crippen MR) is 44.9 cm³/mol. The summed E-state index contributed by atoms with van der Waals surface area (Å²) < 4.78 is 9.64. The topological polar surface area (TPSA) is 77.1 Å². The molecule has 1 aromatic heterocycles. The molecule has 70 valence electrons. The van der Waals surface area contributed by atoms with E-state index in [0.717, 1.165) is 0 Å². The van der Waals surface area contributed by atoms with Crippen LogP contribution in [0.25, 0.3) is 0 Å². The van der Waals surface area contributed by atoms with Crippen LogP contribution in [0, 0.1) is 0 Å². The molecular formula is C7H9N3O3. The molecule has 0 atom stereocenters. The van der Waals surface area contributed by atoms with E-state index in [0.29, 0.717) is 0 Å². The molecule has 0 saturated carbocycles. The highest BCUT2D eigenvalue weighted by Gasteiger charge is 2.01. The third kappa shape index (κ3) is 2.58. The van der Waals surface area contributed by atoms with Crippen molar-refractivity contribution in [1.82, 2.24) is 15.0 Å². The smallest absolute Gasteiger partial charge is 0.353 e. The summed E-state index contributed by atoms with van der Waals surface area (Å²) in [5.41, 5.74) is -0.564. The molecule has 6 heteroatoms. The molecule has 0 aromatic carbocycles. The van der Waals surface area contributed by atoms with Gasteiger partial charge in [0.15, 0.2) is 0 Å². The number of aromatic amines is 1. The van der Waals surface area contributed by atoms with Crippen LogP contribution in [0.1, 0.15) is 0 Å². The summed E-state index contributed by atoms with van der Waals surface area (Å²) in [6.07, 6.45) is 1.53. The van der Waals surface area contributed by atoms with E-state index in [9.17, 15) is 4.79 Å². The quantitative estimate of drug-likeness (QED) is 0.650. The van der Waals surface area contributed by atoms with E-state index in [1.807, 2.05) is 0 Å². The number of methoxy groups -OCH3 is 1. The molecule has 0 spiro atoms. The van der Waals surface area contributed by atoms with Crippen molar-refractivity contribution in [2.45, 2.75) is 0 Å². The fraction of sp³-hybridized carbons (Fsp3) is 0.286. The number of hydrogen-bond donors (Lipinski definition) is 1. The van der Waals surface area contributed by atoms with Crippen LogP contribution in [0.5, 0.6) is 12.0 Å². The number of aromatic nitrogens is 3. The van der Waals surface area contributed by atoms with Gasteiger partial charge in [0.05, 0.1) is 7.11 Å². The normalized spacial score (nSPS) is 9.31. The molecule has 1 rings (SSSR count). The minimum Gasteiger partial charge on any atom is -0.467 e. The van der Waals surface area contributed by atoms with Crippen LogP contribution >= 0.6 is 0 Å². The van der Waals surface area contributed by atoms with Gasteiger partial charge in [0.1, 0.15) is 6.61 Å². The Morgan fingerprint density at radius 2 is 2.38 bits per heavy atom. The first kappa shape index (κ1) is 9.24. The van der Waals surface area contributed by atoms with Crippen LogP contribution < -0.4 is 15.2 Å². The number of nitrogens with zero attached hydrogens (tertiary/aromatic N) is 2. The molecule has 0 unspecified atom stereocenters. The molecule has 0 aliphatic carbocycles. The van der Waals surface area contributed by atoms with Gasteiger partial charge >= 0.3 is 17.7 Å². The van der Waals surface area contributed by atoms with Crippen molar-refractivity contribution >= 4 is 0 Å². The van der Waals surface area contributed by atoms with Gasteiger partial charge in [0.25, 0.3) is 0 Å². The van der Waals surface area contributed by atoms with Crippen molar-refractivity contribution in [1.29, 1.82) is 0 Å². The summed E-state index contributed by atoms with van der Waals surface area (Å²) >= 11 is 0. The zero-order chi connectivity index (χ0) is 9.68. The predicted octanol–water partition coefficient (Wildman–Crippen LogP) is -0.262. The second-order valence-electron chi connectivity index (χ2n) is 2.05. The average molecular weight is 183 g/mol. The van der Waals surface area contributed by atoms with E-state index in [2.05, 4.69) is 26.3 Å². The first-order chi connectivity index (χ1) is 6.26. The number of nitrogens with one attached hydrogen (secondary N) is 1. The molecule has 0 radical (unpaired) electrons. The zero-order valence-corrected chi connectivity index (χ0v) is 7.11. The number of hydrogen-bond acceptors (Lipinski definition) is 5. The number of rotatable bonds is 4. The first-order valence-corrected chi connectivity index (χ1v) is 3.52. The molecule has 0 aliphatic rings. The van der Waals surface area contributed by atoms with Gasteiger partial charge in [-0.3, -0.25) is 4.98 Å². The zero-order valence-electron chi connectivity index (χ0n) is 7.11. The Labute approximate surface area is 74.2 Å². The van der Waals surface area contributed by atoms with Gasteiger partial charge in [-0.1, -0.05) is 12.7 Å². The lowest BCUT2D eigenvalue weighted by molar-refractivity contribution is 0.310. The fourth-order valence-electron chi connectivity index (χ4n) is 0.644. The lowest BCUT2D eigenvalue weighted by atomic mass is 10.7. The summed E-state index contributed by atoms with van der Waals surface area (Å²) in [6.45, 7) is 3.71. The highest BCUT2D eigenvalue weighted by Crippen LogP contribution is 2.02. The van der Waals surface area contributed by atoms with E-state index in [-0.39, 0.29) is 18.6 Å². The fourth-order valence-corrected chi connectivity index (χ4v) is 0.644. The monoisotopic (exact) mass is 183 g/mol. The second-order valence-corrected chi connectivity index (χ2v) is 2.05. The van der Waals surface area contributed by atoms with E-state index >= 15 is 0 Å². The Bertz CT molecular complexity index is 347. The molecule has 1 aromatic rings. The standard InChI is InChI=1S/C7H9N3O3/c1-3-4-13-7-9-5(11)8-6(10-7)12-2/h3H,1,4H2,2H3,(H,8,9,10,11). The summed E-state index contributed by atoms with van der Waals surface area (Å²) in [6, 6.07) is 0.0413. The number of H-pyrrole nitrogens is 1. The van der Waals surface area contributed by atoms with Crippen LogP contribution in [-0.2, 0) is 0 Å². The van der Waals surface area contributed by atoms with Crippen molar-refractivity contribution in [2.24, 2.45) is 0 Å². The van der Waals surface area contributed by atoms with Crippen LogP contribution in [0.3, 0.4) is 0 Å². The maximum atomic E-state index is 10.8. The van der Waals surface area contributed by atoms with E-state index in [1.54, 1.807) is 0 Å². The summed E-state index contributed by atoms with van der Waals surface area (Å²) in [5.74, 6) is 0. The third-order valence-corrected chi connectivity index (χ3v) is 1.13. The van der Waals surface area contributed by atoms with Gasteiger partial charge in [0, 0.05) is 0 Å². The van der Waals surface area contributed by atoms with Gasteiger partial charge in [-0.15, -0.1) is 9.97 Å². The first-order valence-electron chi connectivity index (χ1n) is 3.52. The molecule has 13 heavy (non-hydrogen) atoms. The van der Waals surface area contributed by atoms with Gasteiger partial charge in [-0.2, -0.15) is 0 Å². The Kier molecular flexibility index (Phi) is 3.02. The molecule has 0 bridgehead atoms. The van der Waals surface area contributed by atoms with Crippen molar-refractivity contribution in [3.63, 3.8) is 0 Å². The van der Waals surface area contributed by atoms with Crippen LogP contribution in [0.4, 0.5) is 0 Å². The van der Waals surface area contributed by atoms with Crippen LogP contribution in [0.2, 0.25) is 0 Å². The van der Waals surface area contributed by atoms with E-state index in [4.69, 9.17) is 4.74 Å². The molecular weight excluding hydrogens is 174 g/mol. The Hall–Kier alpha value is -1.85. The highest BCUT2D eigenvalue weighted by atomic mass is 16.5. The van der Waals surface area contributed by atoms with Crippen LogP contribution in [0.15, 0.2) is 17.4 Å². The van der Waals surface area contributed by atoms with Gasteiger partial charge < -0.3 is 9.47 Å². The second kappa shape index (κ2) is 4.24. The molecule has 0 aliphatic heterocycles. The molecule has 6 nitrogen and oxygen atoms in total. The summed E-state index contributed by atoms with van der Waals surface area (Å²) in [4.78, 5) is 20.3. The Balaban J connectivity index is 2.88. The average Bonchev–Trinajstić information content (AvgIpc) is 2.14. The minimum absolute atomic E-state index is 0.0252. The Morgan fingerprint density at radius 1 is 1.62 bits per heavy atom. The molecule has 0 fully saturated rings. The van der Waals surface area contributed by atoms with Gasteiger partial charge in [0.2, 0.25) is 0 Å². The molecule has 0 saturated heterocycles. The number of ether oxygens (including phenoxy) is 2. The maximum absolute atomic E-state index is 10.8. The van der Waals surface area contributed by atoms with E-state index in [1.165, 1.54) is 13.2 Å². The van der Waals surface area contributed by atoms with Gasteiger partial charge in [-0.25, -0.2) is 4.79 Å². The maximum Gasteiger partial charge on any atom is 0.353 e. The van der Waals surface area contributed by atoms with Crippen molar-refractivity contribution in [3.8, 4) is 12.0 Å². The van der Waals surface area contributed by atoms with Gasteiger partial charge in [-0.05, 0) is 0 Å². The highest BCUT2D eigenvalue weighted by molar-refractivity contribution is 4.99.